The van der Waals surface area contributed by atoms with Gasteiger partial charge in [-0.25, -0.2) is 0 Å². The molecule has 1 aliphatic rings. The first-order valence-electron chi connectivity index (χ1n) is 7.59. The van der Waals surface area contributed by atoms with Gasteiger partial charge in [0, 0.05) is 19.3 Å². The standard InChI is InChI=1S/C15H30N2O2/c1-12(2)6-4-10-19-11-5-9-15(3,14(16)18)17-13-7-8-13/h12-13,17H,4-11H2,1-3H3,(H2,16,18). The van der Waals surface area contributed by atoms with Crippen LogP contribution in [0.2, 0.25) is 0 Å². The second-order valence-electron chi connectivity index (χ2n) is 6.37. The predicted octanol–water partition coefficient (Wildman–Crippen LogP) is 2.22. The fourth-order valence-corrected chi connectivity index (χ4v) is 2.17. The van der Waals surface area contributed by atoms with Crippen LogP contribution in [0.25, 0.3) is 0 Å². The Morgan fingerprint density at radius 3 is 2.53 bits per heavy atom. The molecule has 3 N–H and O–H groups in total. The summed E-state index contributed by atoms with van der Waals surface area (Å²) in [5.74, 6) is 0.490. The minimum atomic E-state index is -0.567. The molecule has 1 amide bonds. The van der Waals surface area contributed by atoms with Crippen molar-refractivity contribution >= 4 is 5.91 Å². The lowest BCUT2D eigenvalue weighted by molar-refractivity contribution is -0.124. The van der Waals surface area contributed by atoms with E-state index < -0.39 is 5.54 Å². The third-order valence-corrected chi connectivity index (χ3v) is 3.68. The van der Waals surface area contributed by atoms with Crippen LogP contribution in [0, 0.1) is 5.92 Å². The number of carbonyl (C=O) groups excluding carboxylic acids is 1. The van der Waals surface area contributed by atoms with Gasteiger partial charge < -0.3 is 15.8 Å². The normalized spacial score (nSPS) is 18.5. The number of rotatable bonds is 11. The van der Waals surface area contributed by atoms with Gasteiger partial charge in [0.15, 0.2) is 0 Å². The van der Waals surface area contributed by atoms with E-state index >= 15 is 0 Å². The average Bonchev–Trinajstić information content (AvgIpc) is 3.11. The van der Waals surface area contributed by atoms with E-state index in [9.17, 15) is 4.79 Å². The van der Waals surface area contributed by atoms with Crippen molar-refractivity contribution in [2.75, 3.05) is 13.2 Å². The van der Waals surface area contributed by atoms with Crippen LogP contribution < -0.4 is 11.1 Å². The van der Waals surface area contributed by atoms with Gasteiger partial charge in [-0.3, -0.25) is 4.79 Å². The number of hydrogen-bond acceptors (Lipinski definition) is 3. The van der Waals surface area contributed by atoms with Crippen molar-refractivity contribution in [2.24, 2.45) is 11.7 Å². The van der Waals surface area contributed by atoms with Crippen LogP contribution in [-0.4, -0.2) is 30.7 Å². The van der Waals surface area contributed by atoms with E-state index in [0.717, 1.165) is 44.6 Å². The van der Waals surface area contributed by atoms with Gasteiger partial charge in [0.1, 0.15) is 0 Å². The van der Waals surface area contributed by atoms with E-state index in [1.54, 1.807) is 0 Å². The minimum Gasteiger partial charge on any atom is -0.381 e. The summed E-state index contributed by atoms with van der Waals surface area (Å²) in [7, 11) is 0. The highest BCUT2D eigenvalue weighted by molar-refractivity contribution is 5.84. The molecule has 1 saturated carbocycles. The highest BCUT2D eigenvalue weighted by Crippen LogP contribution is 2.24. The molecule has 1 unspecified atom stereocenters. The number of nitrogens with one attached hydrogen (secondary N) is 1. The molecule has 0 spiro atoms. The zero-order chi connectivity index (χ0) is 14.3. The number of nitrogens with two attached hydrogens (primary N) is 1. The van der Waals surface area contributed by atoms with Crippen LogP contribution in [-0.2, 0) is 9.53 Å². The first kappa shape index (κ1) is 16.4. The van der Waals surface area contributed by atoms with Gasteiger partial charge in [-0.05, 0) is 51.4 Å². The number of carbonyl (C=O) groups is 1. The van der Waals surface area contributed by atoms with Crippen LogP contribution in [0.1, 0.15) is 59.3 Å². The molecular formula is C15H30N2O2. The Balaban J connectivity index is 2.09. The van der Waals surface area contributed by atoms with Crippen molar-refractivity contribution in [1.82, 2.24) is 5.32 Å². The summed E-state index contributed by atoms with van der Waals surface area (Å²) in [6.07, 6.45) is 6.28. The lowest BCUT2D eigenvalue weighted by Gasteiger charge is -2.27. The summed E-state index contributed by atoms with van der Waals surface area (Å²) >= 11 is 0. The van der Waals surface area contributed by atoms with Gasteiger partial charge in [0.25, 0.3) is 0 Å². The number of amides is 1. The molecule has 0 radical (unpaired) electrons. The summed E-state index contributed by atoms with van der Waals surface area (Å²) in [5.41, 5.74) is 4.93. The minimum absolute atomic E-state index is 0.251. The summed E-state index contributed by atoms with van der Waals surface area (Å²) in [6, 6.07) is 0.490. The Morgan fingerprint density at radius 2 is 2.00 bits per heavy atom. The van der Waals surface area contributed by atoms with Gasteiger partial charge in [-0.15, -0.1) is 0 Å². The largest absolute Gasteiger partial charge is 0.381 e. The molecule has 0 heterocycles. The highest BCUT2D eigenvalue weighted by Gasteiger charge is 2.36. The molecule has 1 fully saturated rings. The van der Waals surface area contributed by atoms with Crippen LogP contribution in [0.15, 0.2) is 0 Å². The molecule has 0 bridgehead atoms. The predicted molar refractivity (Wildman–Crippen MR) is 77.9 cm³/mol. The van der Waals surface area contributed by atoms with E-state index in [1.807, 2.05) is 6.92 Å². The molecule has 1 aliphatic carbocycles. The van der Waals surface area contributed by atoms with E-state index in [2.05, 4.69) is 19.2 Å². The summed E-state index contributed by atoms with van der Waals surface area (Å²) in [6.45, 7) is 7.89. The maximum Gasteiger partial charge on any atom is 0.237 e. The Bertz CT molecular complexity index is 277. The molecule has 0 aromatic rings. The highest BCUT2D eigenvalue weighted by atomic mass is 16.5. The number of primary amides is 1. The molecule has 1 atom stereocenters. The second kappa shape index (κ2) is 7.85. The van der Waals surface area contributed by atoms with Crippen molar-refractivity contribution in [3.8, 4) is 0 Å². The van der Waals surface area contributed by atoms with Crippen molar-refractivity contribution in [2.45, 2.75) is 70.9 Å². The molecule has 0 aromatic carbocycles. The molecule has 4 nitrogen and oxygen atoms in total. The van der Waals surface area contributed by atoms with Gasteiger partial charge in [0.05, 0.1) is 5.54 Å². The van der Waals surface area contributed by atoms with Crippen molar-refractivity contribution in [3.63, 3.8) is 0 Å². The molecule has 4 heteroatoms. The summed E-state index contributed by atoms with van der Waals surface area (Å²) < 4.78 is 5.60. The Morgan fingerprint density at radius 1 is 1.37 bits per heavy atom. The molecule has 0 saturated heterocycles. The lowest BCUT2D eigenvalue weighted by Crippen LogP contribution is -2.54. The van der Waals surface area contributed by atoms with Crippen LogP contribution in [0.5, 0.6) is 0 Å². The maximum atomic E-state index is 11.5. The third-order valence-electron chi connectivity index (χ3n) is 3.68. The molecule has 112 valence electrons. The summed E-state index contributed by atoms with van der Waals surface area (Å²) in [4.78, 5) is 11.5. The Labute approximate surface area is 117 Å². The van der Waals surface area contributed by atoms with E-state index in [-0.39, 0.29) is 5.91 Å². The van der Waals surface area contributed by atoms with Crippen molar-refractivity contribution in [1.29, 1.82) is 0 Å². The van der Waals surface area contributed by atoms with E-state index in [4.69, 9.17) is 10.5 Å². The molecule has 1 rings (SSSR count). The van der Waals surface area contributed by atoms with Crippen LogP contribution >= 0.6 is 0 Å². The Hall–Kier alpha value is -0.610. The van der Waals surface area contributed by atoms with Crippen LogP contribution in [0.3, 0.4) is 0 Å². The van der Waals surface area contributed by atoms with Gasteiger partial charge in [-0.2, -0.15) is 0 Å². The molecule has 19 heavy (non-hydrogen) atoms. The van der Waals surface area contributed by atoms with Gasteiger partial charge in [0.2, 0.25) is 5.91 Å². The van der Waals surface area contributed by atoms with Gasteiger partial charge in [-0.1, -0.05) is 13.8 Å². The van der Waals surface area contributed by atoms with E-state index in [0.29, 0.717) is 12.6 Å². The van der Waals surface area contributed by atoms with E-state index in [1.165, 1.54) is 6.42 Å². The average molecular weight is 270 g/mol. The van der Waals surface area contributed by atoms with Gasteiger partial charge >= 0.3 is 0 Å². The first-order chi connectivity index (χ1) is 8.94. The monoisotopic (exact) mass is 270 g/mol. The third kappa shape index (κ3) is 6.92. The molecule has 0 aromatic heterocycles. The topological polar surface area (TPSA) is 64.3 Å². The number of ether oxygens (including phenoxy) is 1. The number of hydrogen-bond donors (Lipinski definition) is 2. The molecular weight excluding hydrogens is 240 g/mol. The first-order valence-corrected chi connectivity index (χ1v) is 7.59. The fraction of sp³-hybridized carbons (Fsp3) is 0.933. The Kier molecular flexibility index (Phi) is 6.80. The molecule has 0 aliphatic heterocycles. The lowest BCUT2D eigenvalue weighted by atomic mass is 9.95. The van der Waals surface area contributed by atoms with Crippen molar-refractivity contribution in [3.05, 3.63) is 0 Å². The zero-order valence-electron chi connectivity index (χ0n) is 12.7. The SMILES string of the molecule is CC(C)CCCOCCCC(C)(NC1CC1)C(N)=O. The quantitative estimate of drug-likeness (QED) is 0.566. The fourth-order valence-electron chi connectivity index (χ4n) is 2.17. The van der Waals surface area contributed by atoms with Crippen LogP contribution in [0.4, 0.5) is 0 Å². The maximum absolute atomic E-state index is 11.5. The second-order valence-corrected chi connectivity index (χ2v) is 6.37. The summed E-state index contributed by atoms with van der Waals surface area (Å²) in [5, 5.41) is 3.35. The smallest absolute Gasteiger partial charge is 0.237 e. The van der Waals surface area contributed by atoms with Crippen molar-refractivity contribution < 1.29 is 9.53 Å². The zero-order valence-corrected chi connectivity index (χ0v) is 12.7.